The monoisotopic (exact) mass is 391 g/mol. The van der Waals surface area contributed by atoms with Gasteiger partial charge < -0.3 is 10.6 Å². The van der Waals surface area contributed by atoms with Crippen molar-refractivity contribution in [1.29, 1.82) is 0 Å². The van der Waals surface area contributed by atoms with E-state index in [1.54, 1.807) is 0 Å². The second kappa shape index (κ2) is 7.44. The Morgan fingerprint density at radius 2 is 2.00 bits per heavy atom. The molecule has 0 aliphatic carbocycles. The summed E-state index contributed by atoms with van der Waals surface area (Å²) in [7, 11) is 0. The van der Waals surface area contributed by atoms with Gasteiger partial charge in [0.25, 0.3) is 5.91 Å². The molecule has 2 aromatic rings. The first-order valence-electron chi connectivity index (χ1n) is 8.25. The largest absolute Gasteiger partial charge is 0.344 e. The predicted molar refractivity (Wildman–Crippen MR) is 95.9 cm³/mol. The molecule has 0 radical (unpaired) electrons. The molecule has 128 valence electrons. The van der Waals surface area contributed by atoms with Crippen molar-refractivity contribution in [2.75, 3.05) is 13.1 Å². The molecule has 1 atom stereocenters. The van der Waals surface area contributed by atoms with Crippen LogP contribution in [0.2, 0.25) is 0 Å². The summed E-state index contributed by atoms with van der Waals surface area (Å²) >= 11 is 3.42. The molecule has 2 heterocycles. The minimum Gasteiger partial charge on any atom is -0.344 e. The quantitative estimate of drug-likeness (QED) is 0.840. The molecule has 1 unspecified atom stereocenters. The van der Waals surface area contributed by atoms with Crippen LogP contribution in [0.3, 0.4) is 0 Å². The van der Waals surface area contributed by atoms with Crippen molar-refractivity contribution in [3.05, 3.63) is 45.7 Å². The molecular weight excluding hydrogens is 370 g/mol. The summed E-state index contributed by atoms with van der Waals surface area (Å²) in [4.78, 5) is 12.6. The van der Waals surface area contributed by atoms with Crippen LogP contribution in [-0.4, -0.2) is 34.0 Å². The molecule has 2 N–H and O–H groups in total. The molecule has 1 aromatic carbocycles. The van der Waals surface area contributed by atoms with Gasteiger partial charge in [-0.1, -0.05) is 33.3 Å². The lowest BCUT2D eigenvalue weighted by Gasteiger charge is -2.23. The summed E-state index contributed by atoms with van der Waals surface area (Å²) in [6, 6.07) is 8.16. The van der Waals surface area contributed by atoms with Gasteiger partial charge >= 0.3 is 0 Å². The summed E-state index contributed by atoms with van der Waals surface area (Å²) < 4.78 is 2.92. The van der Waals surface area contributed by atoms with Gasteiger partial charge in [0.1, 0.15) is 0 Å². The number of rotatable bonds is 4. The van der Waals surface area contributed by atoms with Gasteiger partial charge in [-0.05, 0) is 57.5 Å². The van der Waals surface area contributed by atoms with Gasteiger partial charge in [0, 0.05) is 4.47 Å². The molecule has 0 bridgehead atoms. The van der Waals surface area contributed by atoms with Crippen molar-refractivity contribution in [3.63, 3.8) is 0 Å². The highest BCUT2D eigenvalue weighted by molar-refractivity contribution is 9.10. The lowest BCUT2D eigenvalue weighted by atomic mass is 10.1. The highest BCUT2D eigenvalue weighted by Gasteiger charge is 2.23. The number of nitrogens with one attached hydrogen (secondary N) is 2. The maximum atomic E-state index is 12.6. The highest BCUT2D eigenvalue weighted by atomic mass is 79.9. The standard InChI is InChI=1S/C17H22BrN5O/c1-11(13-3-5-14(18)6-4-13)20-17(24)16-12(2)23(22-21-16)15-7-9-19-10-8-15/h3-6,11,15,19H,7-10H2,1-2H3,(H,20,24). The van der Waals surface area contributed by atoms with Crippen LogP contribution in [0, 0.1) is 6.92 Å². The lowest BCUT2D eigenvalue weighted by Crippen LogP contribution is -2.31. The highest BCUT2D eigenvalue weighted by Crippen LogP contribution is 2.21. The molecule has 0 saturated carbocycles. The fourth-order valence-corrected chi connectivity index (χ4v) is 3.31. The van der Waals surface area contributed by atoms with Crippen LogP contribution >= 0.6 is 15.9 Å². The summed E-state index contributed by atoms with van der Waals surface area (Å²) in [6.07, 6.45) is 2.03. The first-order valence-corrected chi connectivity index (χ1v) is 9.04. The Labute approximate surface area is 150 Å². The molecule has 24 heavy (non-hydrogen) atoms. The number of hydrogen-bond acceptors (Lipinski definition) is 4. The van der Waals surface area contributed by atoms with E-state index >= 15 is 0 Å². The zero-order chi connectivity index (χ0) is 17.1. The van der Waals surface area contributed by atoms with Crippen molar-refractivity contribution in [3.8, 4) is 0 Å². The minimum absolute atomic E-state index is 0.0889. The lowest BCUT2D eigenvalue weighted by molar-refractivity contribution is 0.0934. The molecule has 1 aliphatic heterocycles. The van der Waals surface area contributed by atoms with Crippen molar-refractivity contribution in [2.24, 2.45) is 0 Å². The fraction of sp³-hybridized carbons (Fsp3) is 0.471. The third-order valence-corrected chi connectivity index (χ3v) is 5.04. The molecule has 1 amide bonds. The molecule has 1 aromatic heterocycles. The van der Waals surface area contributed by atoms with E-state index in [1.807, 2.05) is 42.8 Å². The number of amides is 1. The zero-order valence-electron chi connectivity index (χ0n) is 13.9. The molecule has 3 rings (SSSR count). The average molecular weight is 392 g/mol. The Hall–Kier alpha value is -1.73. The molecule has 1 aliphatic rings. The number of carbonyl (C=O) groups excluding carboxylic acids is 1. The second-order valence-electron chi connectivity index (χ2n) is 6.20. The third kappa shape index (κ3) is 3.67. The fourth-order valence-electron chi connectivity index (χ4n) is 3.05. The average Bonchev–Trinajstić information content (AvgIpc) is 2.98. The number of halogens is 1. The van der Waals surface area contributed by atoms with E-state index in [0.717, 1.165) is 41.7 Å². The molecule has 7 heteroatoms. The van der Waals surface area contributed by atoms with E-state index < -0.39 is 0 Å². The van der Waals surface area contributed by atoms with Gasteiger partial charge in [-0.15, -0.1) is 5.10 Å². The zero-order valence-corrected chi connectivity index (χ0v) is 15.5. The number of hydrogen-bond donors (Lipinski definition) is 2. The molecule has 1 fully saturated rings. The number of piperidine rings is 1. The Balaban J connectivity index is 1.70. The van der Waals surface area contributed by atoms with E-state index in [4.69, 9.17) is 0 Å². The van der Waals surface area contributed by atoms with E-state index in [1.165, 1.54) is 0 Å². The molecule has 0 spiro atoms. The first-order chi connectivity index (χ1) is 11.6. The smallest absolute Gasteiger partial charge is 0.274 e. The summed E-state index contributed by atoms with van der Waals surface area (Å²) in [5, 5.41) is 14.7. The van der Waals surface area contributed by atoms with Gasteiger partial charge in [0.2, 0.25) is 0 Å². The van der Waals surface area contributed by atoms with Crippen LogP contribution in [0.4, 0.5) is 0 Å². The van der Waals surface area contributed by atoms with Gasteiger partial charge in [-0.2, -0.15) is 0 Å². The molecule has 1 saturated heterocycles. The van der Waals surface area contributed by atoms with Crippen LogP contribution in [0.1, 0.15) is 53.6 Å². The van der Waals surface area contributed by atoms with E-state index in [-0.39, 0.29) is 11.9 Å². The van der Waals surface area contributed by atoms with Gasteiger partial charge in [0.05, 0.1) is 17.8 Å². The third-order valence-electron chi connectivity index (χ3n) is 4.51. The van der Waals surface area contributed by atoms with Crippen molar-refractivity contribution in [2.45, 2.75) is 38.8 Å². The Morgan fingerprint density at radius 1 is 1.33 bits per heavy atom. The van der Waals surface area contributed by atoms with Gasteiger partial charge in [0.15, 0.2) is 5.69 Å². The Bertz CT molecular complexity index is 706. The number of nitrogens with zero attached hydrogens (tertiary/aromatic N) is 3. The predicted octanol–water partition coefficient (Wildman–Crippen LogP) is 2.76. The minimum atomic E-state index is -0.178. The summed E-state index contributed by atoms with van der Waals surface area (Å²) in [6.45, 7) is 5.84. The van der Waals surface area contributed by atoms with Crippen LogP contribution in [0.15, 0.2) is 28.7 Å². The SMILES string of the molecule is Cc1c(C(=O)NC(C)c2ccc(Br)cc2)nnn1C1CCNCC1. The maximum Gasteiger partial charge on any atom is 0.274 e. The Kier molecular flexibility index (Phi) is 5.30. The van der Waals surface area contributed by atoms with E-state index in [0.29, 0.717) is 11.7 Å². The van der Waals surface area contributed by atoms with E-state index in [9.17, 15) is 4.79 Å². The van der Waals surface area contributed by atoms with Crippen LogP contribution in [0.5, 0.6) is 0 Å². The van der Waals surface area contributed by atoms with Crippen LogP contribution in [-0.2, 0) is 0 Å². The van der Waals surface area contributed by atoms with E-state index in [2.05, 4.69) is 36.9 Å². The topological polar surface area (TPSA) is 71.8 Å². The van der Waals surface area contributed by atoms with Crippen LogP contribution in [0.25, 0.3) is 0 Å². The van der Waals surface area contributed by atoms with Gasteiger partial charge in [-0.25, -0.2) is 4.68 Å². The summed E-state index contributed by atoms with van der Waals surface area (Å²) in [5.74, 6) is -0.178. The molecule has 6 nitrogen and oxygen atoms in total. The summed E-state index contributed by atoms with van der Waals surface area (Å²) in [5.41, 5.74) is 2.30. The number of carbonyl (C=O) groups is 1. The van der Waals surface area contributed by atoms with Crippen molar-refractivity contribution >= 4 is 21.8 Å². The second-order valence-corrected chi connectivity index (χ2v) is 7.11. The van der Waals surface area contributed by atoms with Crippen molar-refractivity contribution < 1.29 is 4.79 Å². The number of aromatic nitrogens is 3. The maximum absolute atomic E-state index is 12.6. The van der Waals surface area contributed by atoms with Gasteiger partial charge in [-0.3, -0.25) is 4.79 Å². The Morgan fingerprint density at radius 3 is 2.67 bits per heavy atom. The van der Waals surface area contributed by atoms with Crippen molar-refractivity contribution in [1.82, 2.24) is 25.6 Å². The first kappa shape index (κ1) is 17.1. The van der Waals surface area contributed by atoms with Crippen LogP contribution < -0.4 is 10.6 Å². The number of benzene rings is 1. The molecular formula is C17H22BrN5O. The normalized spacial score (nSPS) is 16.8.